The zero-order valence-corrected chi connectivity index (χ0v) is 16.3. The molecule has 0 radical (unpaired) electrons. The molecule has 6 nitrogen and oxygen atoms in total. The molecule has 2 unspecified atom stereocenters. The second-order valence-electron chi connectivity index (χ2n) is 6.39. The number of aromatic nitrogens is 1. The van der Waals surface area contributed by atoms with Crippen LogP contribution in [0.1, 0.15) is 18.0 Å². The second kappa shape index (κ2) is 8.73. The Balaban J connectivity index is 0.00000210. The van der Waals surface area contributed by atoms with E-state index in [1.54, 1.807) is 12.4 Å². The third kappa shape index (κ3) is 4.26. The minimum Gasteiger partial charge on any atom is -0.333 e. The fourth-order valence-electron chi connectivity index (χ4n) is 3.38. The summed E-state index contributed by atoms with van der Waals surface area (Å²) in [7, 11) is 0. The number of thioether (sulfide) groups is 1. The van der Waals surface area contributed by atoms with E-state index >= 15 is 0 Å². The van der Waals surface area contributed by atoms with Gasteiger partial charge in [-0.15, -0.1) is 24.2 Å². The molecule has 1 aromatic heterocycles. The second-order valence-corrected chi connectivity index (χ2v) is 7.63. The zero-order chi connectivity index (χ0) is 17.9. The van der Waals surface area contributed by atoms with Crippen LogP contribution in [-0.4, -0.2) is 46.6 Å². The average molecular weight is 405 g/mol. The average Bonchev–Trinajstić information content (AvgIpc) is 2.69. The molecule has 1 fully saturated rings. The first-order valence-electron chi connectivity index (χ1n) is 8.69. The maximum absolute atomic E-state index is 13.0. The van der Waals surface area contributed by atoms with E-state index in [0.717, 1.165) is 22.7 Å². The van der Waals surface area contributed by atoms with E-state index in [0.29, 0.717) is 13.1 Å². The van der Waals surface area contributed by atoms with Crippen molar-refractivity contribution in [2.45, 2.75) is 22.6 Å². The van der Waals surface area contributed by atoms with Crippen molar-refractivity contribution in [1.29, 1.82) is 0 Å². The number of anilines is 1. The molecule has 3 heterocycles. The minimum atomic E-state index is -0.401. The van der Waals surface area contributed by atoms with Gasteiger partial charge < -0.3 is 15.5 Å². The number of rotatable bonds is 3. The summed E-state index contributed by atoms with van der Waals surface area (Å²) in [5.41, 5.74) is 1.83. The first-order valence-corrected chi connectivity index (χ1v) is 9.57. The highest BCUT2D eigenvalue weighted by atomic mass is 35.5. The maximum atomic E-state index is 13.0. The molecule has 2 aliphatic heterocycles. The van der Waals surface area contributed by atoms with Crippen molar-refractivity contribution in [3.05, 3.63) is 54.4 Å². The van der Waals surface area contributed by atoms with Crippen LogP contribution in [0.25, 0.3) is 0 Å². The molecule has 142 valence electrons. The van der Waals surface area contributed by atoms with Gasteiger partial charge in [-0.3, -0.25) is 14.6 Å². The van der Waals surface area contributed by atoms with Crippen LogP contribution in [0.5, 0.6) is 0 Å². The van der Waals surface area contributed by atoms with Crippen molar-refractivity contribution in [1.82, 2.24) is 15.2 Å². The molecule has 0 bridgehead atoms. The number of carbonyl (C=O) groups excluding carboxylic acids is 2. The predicted octanol–water partition coefficient (Wildman–Crippen LogP) is 2.48. The quantitative estimate of drug-likeness (QED) is 0.822. The van der Waals surface area contributed by atoms with Crippen LogP contribution < -0.4 is 10.6 Å². The molecule has 0 spiro atoms. The lowest BCUT2D eigenvalue weighted by atomic mass is 10.0. The Morgan fingerprint density at radius 1 is 1.26 bits per heavy atom. The summed E-state index contributed by atoms with van der Waals surface area (Å²) in [5.74, 6) is -0.0949. The number of fused-ring (bicyclic) bond motifs is 1. The van der Waals surface area contributed by atoms with Gasteiger partial charge in [0.1, 0.15) is 0 Å². The molecule has 4 rings (SSSR count). The van der Waals surface area contributed by atoms with E-state index < -0.39 is 5.25 Å². The Morgan fingerprint density at radius 3 is 2.93 bits per heavy atom. The van der Waals surface area contributed by atoms with Gasteiger partial charge in [-0.1, -0.05) is 18.2 Å². The number of carbonyl (C=O) groups is 2. The van der Waals surface area contributed by atoms with Gasteiger partial charge in [0.25, 0.3) is 0 Å². The maximum Gasteiger partial charge on any atom is 0.238 e. The molecule has 0 aliphatic carbocycles. The number of hydrogen-bond acceptors (Lipinski definition) is 5. The highest BCUT2D eigenvalue weighted by molar-refractivity contribution is 8.01. The fourth-order valence-corrected chi connectivity index (χ4v) is 4.48. The van der Waals surface area contributed by atoms with Gasteiger partial charge in [0.15, 0.2) is 0 Å². The van der Waals surface area contributed by atoms with Gasteiger partial charge in [0, 0.05) is 43.3 Å². The zero-order valence-electron chi connectivity index (χ0n) is 14.6. The van der Waals surface area contributed by atoms with Crippen LogP contribution in [0, 0.1) is 0 Å². The molecule has 1 aromatic carbocycles. The number of benzene rings is 1. The number of amides is 2. The van der Waals surface area contributed by atoms with Crippen LogP contribution in [0.2, 0.25) is 0 Å². The van der Waals surface area contributed by atoms with Crippen molar-refractivity contribution in [3.8, 4) is 0 Å². The van der Waals surface area contributed by atoms with Gasteiger partial charge in [-0.2, -0.15) is 0 Å². The standard InChI is InChI=1S/C19H20N4O2S.ClH/c24-18(10-17-19(25)22-14-5-1-2-6-16(14)26-17)23-9-8-21-12-15(23)13-4-3-7-20-11-13;/h1-7,11,15,17,21H,8-10,12H2,(H,22,25);1H. The lowest BCUT2D eigenvalue weighted by molar-refractivity contribution is -0.135. The Bertz CT molecular complexity index is 820. The van der Waals surface area contributed by atoms with E-state index in [2.05, 4.69) is 15.6 Å². The first-order chi connectivity index (χ1) is 12.7. The van der Waals surface area contributed by atoms with Crippen LogP contribution in [-0.2, 0) is 9.59 Å². The van der Waals surface area contributed by atoms with Gasteiger partial charge in [0.2, 0.25) is 11.8 Å². The molecule has 8 heteroatoms. The molecule has 2 amide bonds. The van der Waals surface area contributed by atoms with Crippen molar-refractivity contribution >= 4 is 41.7 Å². The molecule has 2 aliphatic rings. The highest BCUT2D eigenvalue weighted by Crippen LogP contribution is 2.37. The Kier molecular flexibility index (Phi) is 6.36. The van der Waals surface area contributed by atoms with Gasteiger partial charge in [0.05, 0.1) is 17.0 Å². The molecular weight excluding hydrogens is 384 g/mol. The lowest BCUT2D eigenvalue weighted by Gasteiger charge is -2.37. The number of hydrogen-bond donors (Lipinski definition) is 2. The number of halogens is 1. The molecular formula is C19H21ClN4O2S. The highest BCUT2D eigenvalue weighted by Gasteiger charge is 2.33. The van der Waals surface area contributed by atoms with Gasteiger partial charge in [-0.05, 0) is 23.8 Å². The van der Waals surface area contributed by atoms with Crippen LogP contribution in [0.15, 0.2) is 53.7 Å². The molecule has 2 atom stereocenters. The van der Waals surface area contributed by atoms with E-state index in [1.165, 1.54) is 11.8 Å². The van der Waals surface area contributed by atoms with Gasteiger partial charge in [-0.25, -0.2) is 0 Å². The normalized spacial score (nSPS) is 21.6. The topological polar surface area (TPSA) is 74.3 Å². The molecule has 27 heavy (non-hydrogen) atoms. The summed E-state index contributed by atoms with van der Waals surface area (Å²) >= 11 is 1.47. The third-order valence-electron chi connectivity index (χ3n) is 4.70. The SMILES string of the molecule is Cl.O=C1Nc2ccccc2SC1CC(=O)N1CCNCC1c1cccnc1. The van der Waals surface area contributed by atoms with Crippen molar-refractivity contribution in [2.75, 3.05) is 25.0 Å². The number of nitrogens with zero attached hydrogens (tertiary/aromatic N) is 2. The Morgan fingerprint density at radius 2 is 2.11 bits per heavy atom. The molecule has 2 aromatic rings. The smallest absolute Gasteiger partial charge is 0.238 e. The van der Waals surface area contributed by atoms with Crippen molar-refractivity contribution in [3.63, 3.8) is 0 Å². The van der Waals surface area contributed by atoms with E-state index in [4.69, 9.17) is 0 Å². The predicted molar refractivity (Wildman–Crippen MR) is 108 cm³/mol. The summed E-state index contributed by atoms with van der Waals surface area (Å²) in [6.07, 6.45) is 3.73. The van der Waals surface area contributed by atoms with Crippen molar-refractivity contribution < 1.29 is 9.59 Å². The number of para-hydroxylation sites is 1. The molecule has 0 saturated carbocycles. The molecule has 2 N–H and O–H groups in total. The monoisotopic (exact) mass is 404 g/mol. The summed E-state index contributed by atoms with van der Waals surface area (Å²) in [4.78, 5) is 32.5. The van der Waals surface area contributed by atoms with Crippen LogP contribution in [0.4, 0.5) is 5.69 Å². The lowest BCUT2D eigenvalue weighted by Crippen LogP contribution is -2.49. The van der Waals surface area contributed by atoms with E-state index in [9.17, 15) is 9.59 Å². The number of nitrogens with one attached hydrogen (secondary N) is 2. The van der Waals surface area contributed by atoms with E-state index in [-0.39, 0.29) is 36.7 Å². The van der Waals surface area contributed by atoms with Crippen LogP contribution in [0.3, 0.4) is 0 Å². The Hall–Kier alpha value is -2.09. The number of piperazine rings is 1. The van der Waals surface area contributed by atoms with Crippen LogP contribution >= 0.6 is 24.2 Å². The van der Waals surface area contributed by atoms with E-state index in [1.807, 2.05) is 41.3 Å². The largest absolute Gasteiger partial charge is 0.333 e. The van der Waals surface area contributed by atoms with Gasteiger partial charge >= 0.3 is 0 Å². The summed E-state index contributed by atoms with van der Waals surface area (Å²) in [6.45, 7) is 2.09. The Labute approximate surface area is 168 Å². The summed E-state index contributed by atoms with van der Waals surface area (Å²) in [6, 6.07) is 11.5. The third-order valence-corrected chi connectivity index (χ3v) is 5.97. The molecule has 1 saturated heterocycles. The fraction of sp³-hybridized carbons (Fsp3) is 0.316. The first kappa shape index (κ1) is 19.7. The minimum absolute atomic E-state index is 0. The number of pyridine rings is 1. The summed E-state index contributed by atoms with van der Waals surface area (Å²) < 4.78 is 0. The summed E-state index contributed by atoms with van der Waals surface area (Å²) in [5, 5.41) is 5.84. The van der Waals surface area contributed by atoms with Crippen molar-refractivity contribution in [2.24, 2.45) is 0 Å².